The van der Waals surface area contributed by atoms with Gasteiger partial charge in [0.25, 0.3) is 5.91 Å². The van der Waals surface area contributed by atoms with Crippen LogP contribution in [0.4, 0.5) is 16.0 Å². The average molecular weight is 351 g/mol. The zero-order valence-electron chi connectivity index (χ0n) is 13.8. The van der Waals surface area contributed by atoms with Crippen LogP contribution in [-0.2, 0) is 7.05 Å². The van der Waals surface area contributed by atoms with Gasteiger partial charge in [0.2, 0.25) is 5.95 Å². The lowest BCUT2D eigenvalue weighted by atomic mass is 10.1. The number of hydrogen-bond acceptors (Lipinski definition) is 6. The molecule has 8 nitrogen and oxygen atoms in total. The molecule has 0 fully saturated rings. The van der Waals surface area contributed by atoms with Gasteiger partial charge in [-0.1, -0.05) is 12.1 Å². The van der Waals surface area contributed by atoms with Crippen molar-refractivity contribution in [3.63, 3.8) is 0 Å². The van der Waals surface area contributed by atoms with Crippen LogP contribution in [0.5, 0.6) is 0 Å². The second-order valence-electron chi connectivity index (χ2n) is 5.34. The molecule has 0 saturated heterocycles. The second-order valence-corrected chi connectivity index (χ2v) is 5.34. The summed E-state index contributed by atoms with van der Waals surface area (Å²) in [6, 6.07) is 8.08. The highest BCUT2D eigenvalue weighted by molar-refractivity contribution is 5.94. The Kier molecular flexibility index (Phi) is 4.85. The van der Waals surface area contributed by atoms with Crippen molar-refractivity contribution < 1.29 is 9.18 Å². The van der Waals surface area contributed by atoms with Gasteiger partial charge in [-0.2, -0.15) is 10.4 Å². The summed E-state index contributed by atoms with van der Waals surface area (Å²) in [7, 11) is 1.77. The third kappa shape index (κ3) is 3.81. The summed E-state index contributed by atoms with van der Waals surface area (Å²) in [5.74, 6) is -0.728. The molecule has 2 heterocycles. The van der Waals surface area contributed by atoms with E-state index in [-0.39, 0.29) is 24.1 Å². The topological polar surface area (TPSA) is 109 Å². The number of nitriles is 1. The normalized spacial score (nSPS) is 10.2. The van der Waals surface area contributed by atoms with Crippen LogP contribution in [0, 0.1) is 17.1 Å². The number of hydrogen-bond donors (Lipinski definition) is 2. The van der Waals surface area contributed by atoms with Crippen LogP contribution < -0.4 is 10.6 Å². The van der Waals surface area contributed by atoms with Gasteiger partial charge in [0.05, 0.1) is 24.2 Å². The van der Waals surface area contributed by atoms with Crippen LogP contribution in [0.2, 0.25) is 0 Å². The largest absolute Gasteiger partial charge is 0.339 e. The fourth-order valence-electron chi connectivity index (χ4n) is 2.25. The summed E-state index contributed by atoms with van der Waals surface area (Å²) < 4.78 is 15.8. The maximum Gasteiger partial charge on any atom is 0.252 e. The van der Waals surface area contributed by atoms with Crippen molar-refractivity contribution in [3.05, 3.63) is 54.2 Å². The summed E-state index contributed by atoms with van der Waals surface area (Å²) in [5, 5.41) is 17.9. The molecule has 0 aliphatic carbocycles. The molecule has 0 atom stereocenters. The molecule has 0 aliphatic heterocycles. The molecule has 130 valence electrons. The van der Waals surface area contributed by atoms with Crippen molar-refractivity contribution in [2.75, 3.05) is 11.9 Å². The molecular formula is C17H14FN7O. The summed E-state index contributed by atoms with van der Waals surface area (Å²) in [4.78, 5) is 19.9. The third-order valence-corrected chi connectivity index (χ3v) is 3.45. The molecule has 0 radical (unpaired) electrons. The lowest BCUT2D eigenvalue weighted by molar-refractivity contribution is 0.0958. The van der Waals surface area contributed by atoms with E-state index < -0.39 is 5.82 Å². The average Bonchev–Trinajstić information content (AvgIpc) is 3.06. The van der Waals surface area contributed by atoms with Crippen molar-refractivity contribution in [1.29, 1.82) is 5.26 Å². The number of carbonyl (C=O) groups excluding carboxylic acids is 1. The maximum absolute atomic E-state index is 14.1. The Hall–Kier alpha value is -3.80. The minimum atomic E-state index is -0.580. The summed E-state index contributed by atoms with van der Waals surface area (Å²) in [5.41, 5.74) is 1.65. The molecule has 0 aliphatic rings. The van der Waals surface area contributed by atoms with Crippen molar-refractivity contribution in [1.82, 2.24) is 25.1 Å². The quantitative estimate of drug-likeness (QED) is 0.681. The highest BCUT2D eigenvalue weighted by atomic mass is 19.1. The standard InChI is InChI=1S/C17H14FN7O/c1-25-10-13(8-22-25)23-17-21-9-14(18)15(24-17)11-2-4-12(5-3-11)16(26)20-7-6-19/h2-5,8-10H,7H2,1H3,(H,20,26)(H,21,23,24). The molecule has 0 saturated carbocycles. The Morgan fingerprint density at radius 3 is 2.73 bits per heavy atom. The van der Waals surface area contributed by atoms with E-state index >= 15 is 0 Å². The minimum absolute atomic E-state index is 0.0789. The lowest BCUT2D eigenvalue weighted by Gasteiger charge is -2.07. The van der Waals surface area contributed by atoms with Crippen LogP contribution in [0.25, 0.3) is 11.3 Å². The molecule has 2 aromatic heterocycles. The molecule has 0 bridgehead atoms. The van der Waals surface area contributed by atoms with Gasteiger partial charge in [-0.25, -0.2) is 14.4 Å². The first-order valence-electron chi connectivity index (χ1n) is 7.60. The Labute approximate surface area is 148 Å². The van der Waals surface area contributed by atoms with Crippen LogP contribution in [0.3, 0.4) is 0 Å². The van der Waals surface area contributed by atoms with E-state index in [2.05, 4.69) is 25.7 Å². The fraction of sp³-hybridized carbons (Fsp3) is 0.118. The summed E-state index contributed by atoms with van der Waals surface area (Å²) in [6.45, 7) is -0.0789. The van der Waals surface area contributed by atoms with Gasteiger partial charge in [-0.15, -0.1) is 0 Å². The van der Waals surface area contributed by atoms with Gasteiger partial charge in [0.1, 0.15) is 12.2 Å². The number of anilines is 2. The summed E-state index contributed by atoms with van der Waals surface area (Å²) >= 11 is 0. The molecule has 0 unspecified atom stereocenters. The van der Waals surface area contributed by atoms with Gasteiger partial charge in [0.15, 0.2) is 5.82 Å². The SMILES string of the molecule is Cn1cc(Nc2ncc(F)c(-c3ccc(C(=O)NCC#N)cc3)n2)cn1. The first-order valence-corrected chi connectivity index (χ1v) is 7.60. The first-order chi connectivity index (χ1) is 12.6. The van der Waals surface area contributed by atoms with E-state index in [1.165, 1.54) is 12.1 Å². The Morgan fingerprint density at radius 2 is 2.08 bits per heavy atom. The molecule has 0 spiro atoms. The minimum Gasteiger partial charge on any atom is -0.339 e. The van der Waals surface area contributed by atoms with Crippen LogP contribution in [-0.4, -0.2) is 32.2 Å². The highest BCUT2D eigenvalue weighted by Crippen LogP contribution is 2.23. The van der Waals surface area contributed by atoms with Gasteiger partial charge in [-0.05, 0) is 12.1 Å². The highest BCUT2D eigenvalue weighted by Gasteiger charge is 2.12. The lowest BCUT2D eigenvalue weighted by Crippen LogP contribution is -2.23. The van der Waals surface area contributed by atoms with Crippen LogP contribution >= 0.6 is 0 Å². The predicted molar refractivity (Wildman–Crippen MR) is 91.9 cm³/mol. The fourth-order valence-corrected chi connectivity index (χ4v) is 2.25. The number of aromatic nitrogens is 4. The van der Waals surface area contributed by atoms with Crippen LogP contribution in [0.1, 0.15) is 10.4 Å². The smallest absolute Gasteiger partial charge is 0.252 e. The number of aryl methyl sites for hydroxylation is 1. The molecule has 9 heteroatoms. The number of amides is 1. The molecule has 26 heavy (non-hydrogen) atoms. The Morgan fingerprint density at radius 1 is 1.31 bits per heavy atom. The predicted octanol–water partition coefficient (Wildman–Crippen LogP) is 2.01. The maximum atomic E-state index is 14.1. The van der Waals surface area contributed by atoms with Gasteiger partial charge >= 0.3 is 0 Å². The zero-order chi connectivity index (χ0) is 18.5. The van der Waals surface area contributed by atoms with E-state index in [1.807, 2.05) is 6.07 Å². The van der Waals surface area contributed by atoms with Crippen molar-refractivity contribution in [2.45, 2.75) is 0 Å². The van der Waals surface area contributed by atoms with Crippen molar-refractivity contribution >= 4 is 17.5 Å². The Balaban J connectivity index is 1.83. The molecule has 3 rings (SSSR count). The molecule has 1 amide bonds. The number of nitrogens with one attached hydrogen (secondary N) is 2. The van der Waals surface area contributed by atoms with E-state index in [0.717, 1.165) is 6.20 Å². The number of nitrogens with zero attached hydrogens (tertiary/aromatic N) is 5. The summed E-state index contributed by atoms with van der Waals surface area (Å²) in [6.07, 6.45) is 4.41. The van der Waals surface area contributed by atoms with Gasteiger partial charge < -0.3 is 10.6 Å². The molecule has 1 aromatic carbocycles. The molecule has 3 aromatic rings. The monoisotopic (exact) mass is 351 g/mol. The molecular weight excluding hydrogens is 337 g/mol. The zero-order valence-corrected chi connectivity index (χ0v) is 13.8. The molecule has 2 N–H and O–H groups in total. The first kappa shape index (κ1) is 17.0. The van der Waals surface area contributed by atoms with E-state index in [0.29, 0.717) is 16.8 Å². The van der Waals surface area contributed by atoms with E-state index in [1.54, 1.807) is 36.3 Å². The number of halogens is 1. The van der Waals surface area contributed by atoms with Crippen LogP contribution in [0.15, 0.2) is 42.9 Å². The Bertz CT molecular complexity index is 976. The van der Waals surface area contributed by atoms with E-state index in [9.17, 15) is 9.18 Å². The number of rotatable bonds is 5. The van der Waals surface area contributed by atoms with Gasteiger partial charge in [-0.3, -0.25) is 9.48 Å². The van der Waals surface area contributed by atoms with E-state index in [4.69, 9.17) is 5.26 Å². The second kappa shape index (κ2) is 7.40. The number of carbonyl (C=O) groups is 1. The number of benzene rings is 1. The van der Waals surface area contributed by atoms with Crippen molar-refractivity contribution in [3.8, 4) is 17.3 Å². The van der Waals surface area contributed by atoms with Gasteiger partial charge in [0, 0.05) is 24.4 Å². The van der Waals surface area contributed by atoms with Crippen molar-refractivity contribution in [2.24, 2.45) is 7.05 Å². The third-order valence-electron chi connectivity index (χ3n) is 3.45.